The number of nitrogens with zero attached hydrogens (tertiary/aromatic N) is 2. The van der Waals surface area contributed by atoms with Gasteiger partial charge in [-0.15, -0.1) is 0 Å². The Morgan fingerprint density at radius 2 is 1.94 bits per heavy atom. The lowest BCUT2D eigenvalue weighted by Crippen LogP contribution is -2.20. The minimum Gasteiger partial charge on any atom is -0.365 e. The molecule has 0 spiro atoms. The molecule has 3 rings (SSSR count). The highest BCUT2D eigenvalue weighted by atomic mass is 15.2. The lowest BCUT2D eigenvalue weighted by molar-refractivity contribution is 0.814. The van der Waals surface area contributed by atoms with Crippen LogP contribution in [-0.4, -0.2) is 11.5 Å². The van der Waals surface area contributed by atoms with Crippen LogP contribution in [-0.2, 0) is 13.0 Å². The third kappa shape index (κ3) is 1.67. The smallest absolute Gasteiger partial charge is 0.0602 e. The summed E-state index contributed by atoms with van der Waals surface area (Å²) in [5, 5.41) is 0. The first kappa shape index (κ1) is 9.40. The van der Waals surface area contributed by atoms with E-state index in [1.807, 2.05) is 18.3 Å². The number of hydrogen-bond acceptors (Lipinski definition) is 2. The number of benzene rings is 1. The number of pyridine rings is 1. The van der Waals surface area contributed by atoms with E-state index < -0.39 is 0 Å². The summed E-state index contributed by atoms with van der Waals surface area (Å²) < 4.78 is 0. The summed E-state index contributed by atoms with van der Waals surface area (Å²) in [6.45, 7) is 2.02. The molecule has 1 aliphatic rings. The summed E-state index contributed by atoms with van der Waals surface area (Å²) in [4.78, 5) is 6.77. The van der Waals surface area contributed by atoms with E-state index in [9.17, 15) is 0 Å². The second-order valence-corrected chi connectivity index (χ2v) is 4.12. The van der Waals surface area contributed by atoms with E-state index in [1.54, 1.807) is 0 Å². The van der Waals surface area contributed by atoms with Crippen LogP contribution in [0.2, 0.25) is 0 Å². The van der Waals surface area contributed by atoms with Gasteiger partial charge >= 0.3 is 0 Å². The van der Waals surface area contributed by atoms with Crippen LogP contribution in [0.15, 0.2) is 48.7 Å². The number of hydrogen-bond donors (Lipinski definition) is 0. The van der Waals surface area contributed by atoms with Crippen molar-refractivity contribution in [1.29, 1.82) is 0 Å². The molecule has 0 fully saturated rings. The molecule has 80 valence electrons. The fraction of sp³-hybridized carbons (Fsp3) is 0.214. The van der Waals surface area contributed by atoms with Crippen molar-refractivity contribution in [3.63, 3.8) is 0 Å². The summed E-state index contributed by atoms with van der Waals surface area (Å²) in [6.07, 6.45) is 3.01. The molecule has 1 aliphatic heterocycles. The van der Waals surface area contributed by atoms with E-state index in [1.165, 1.54) is 11.3 Å². The lowest BCUT2D eigenvalue weighted by atomic mass is 10.2. The van der Waals surface area contributed by atoms with Crippen molar-refractivity contribution in [2.45, 2.75) is 13.0 Å². The van der Waals surface area contributed by atoms with Gasteiger partial charge in [0.25, 0.3) is 0 Å². The predicted molar refractivity (Wildman–Crippen MR) is 65.4 cm³/mol. The first-order chi connectivity index (χ1) is 7.93. The Balaban J connectivity index is 1.84. The lowest BCUT2D eigenvalue weighted by Gasteiger charge is -2.18. The summed E-state index contributed by atoms with van der Waals surface area (Å²) in [6, 6.07) is 14.7. The number of para-hydroxylation sites is 1. The summed E-state index contributed by atoms with van der Waals surface area (Å²) in [5.41, 5.74) is 3.96. The molecule has 0 N–H and O–H groups in total. The molecule has 0 bridgehead atoms. The van der Waals surface area contributed by atoms with Crippen LogP contribution >= 0.6 is 0 Å². The van der Waals surface area contributed by atoms with Gasteiger partial charge in [-0.25, -0.2) is 0 Å². The van der Waals surface area contributed by atoms with Gasteiger partial charge in [-0.2, -0.15) is 0 Å². The molecule has 0 aliphatic carbocycles. The highest BCUT2D eigenvalue weighted by Gasteiger charge is 2.18. The van der Waals surface area contributed by atoms with Crippen molar-refractivity contribution in [1.82, 2.24) is 4.98 Å². The fourth-order valence-electron chi connectivity index (χ4n) is 2.26. The molecule has 0 unspecified atom stereocenters. The first-order valence-electron chi connectivity index (χ1n) is 5.66. The Kier molecular flexibility index (Phi) is 2.33. The Morgan fingerprint density at radius 3 is 2.81 bits per heavy atom. The van der Waals surface area contributed by atoms with Gasteiger partial charge in [0.05, 0.1) is 12.2 Å². The van der Waals surface area contributed by atoms with E-state index >= 15 is 0 Å². The molecule has 2 heterocycles. The van der Waals surface area contributed by atoms with Crippen molar-refractivity contribution in [2.75, 3.05) is 11.4 Å². The average Bonchev–Trinajstić information content (AvgIpc) is 2.74. The van der Waals surface area contributed by atoms with Crippen molar-refractivity contribution in [3.05, 3.63) is 59.9 Å². The maximum absolute atomic E-state index is 4.37. The summed E-state index contributed by atoms with van der Waals surface area (Å²) in [5.74, 6) is 0. The van der Waals surface area contributed by atoms with E-state index in [4.69, 9.17) is 0 Å². The van der Waals surface area contributed by atoms with E-state index in [-0.39, 0.29) is 0 Å². The van der Waals surface area contributed by atoms with Gasteiger partial charge in [0.15, 0.2) is 0 Å². The quantitative estimate of drug-likeness (QED) is 0.757. The zero-order valence-corrected chi connectivity index (χ0v) is 9.13. The van der Waals surface area contributed by atoms with Crippen LogP contribution in [0.1, 0.15) is 11.3 Å². The van der Waals surface area contributed by atoms with Gasteiger partial charge in [0.1, 0.15) is 0 Å². The van der Waals surface area contributed by atoms with Crippen molar-refractivity contribution in [2.24, 2.45) is 0 Å². The van der Waals surface area contributed by atoms with Crippen LogP contribution in [0, 0.1) is 0 Å². The van der Waals surface area contributed by atoms with Gasteiger partial charge in [-0.1, -0.05) is 24.3 Å². The molecule has 1 aromatic heterocycles. The second-order valence-electron chi connectivity index (χ2n) is 4.12. The maximum Gasteiger partial charge on any atom is 0.0602 e. The Bertz CT molecular complexity index is 479. The van der Waals surface area contributed by atoms with Gasteiger partial charge < -0.3 is 4.90 Å². The minimum absolute atomic E-state index is 0.915. The highest BCUT2D eigenvalue weighted by molar-refractivity contribution is 5.57. The van der Waals surface area contributed by atoms with Gasteiger partial charge in [0, 0.05) is 18.4 Å². The van der Waals surface area contributed by atoms with Gasteiger partial charge in [-0.3, -0.25) is 4.98 Å². The topological polar surface area (TPSA) is 16.1 Å². The van der Waals surface area contributed by atoms with E-state index in [0.29, 0.717) is 0 Å². The molecule has 16 heavy (non-hydrogen) atoms. The van der Waals surface area contributed by atoms with Crippen molar-refractivity contribution < 1.29 is 0 Å². The SMILES string of the molecule is c1ccc(CN2CCc3ccccc32)nc1. The molecular formula is C14H14N2. The highest BCUT2D eigenvalue weighted by Crippen LogP contribution is 2.28. The number of anilines is 1. The monoisotopic (exact) mass is 210 g/mol. The molecule has 1 aromatic carbocycles. The van der Waals surface area contributed by atoms with Crippen LogP contribution in [0.5, 0.6) is 0 Å². The van der Waals surface area contributed by atoms with E-state index in [2.05, 4.69) is 40.2 Å². The average molecular weight is 210 g/mol. The number of aromatic nitrogens is 1. The Morgan fingerprint density at radius 1 is 1.06 bits per heavy atom. The van der Waals surface area contributed by atoms with Crippen LogP contribution in [0.4, 0.5) is 5.69 Å². The Labute approximate surface area is 95.6 Å². The summed E-state index contributed by atoms with van der Waals surface area (Å²) >= 11 is 0. The number of rotatable bonds is 2. The zero-order chi connectivity index (χ0) is 10.8. The molecular weight excluding hydrogens is 196 g/mol. The first-order valence-corrected chi connectivity index (χ1v) is 5.66. The molecule has 0 saturated heterocycles. The minimum atomic E-state index is 0.915. The third-order valence-electron chi connectivity index (χ3n) is 3.06. The largest absolute Gasteiger partial charge is 0.365 e. The molecule has 0 amide bonds. The Hall–Kier alpha value is -1.83. The standard InChI is InChI=1S/C14H14N2/c1-2-7-14-12(5-1)8-10-16(14)11-13-6-3-4-9-15-13/h1-7,9H,8,10-11H2. The molecule has 2 nitrogen and oxygen atoms in total. The van der Waals surface area contributed by atoms with Crippen LogP contribution < -0.4 is 4.90 Å². The molecule has 0 saturated carbocycles. The van der Waals surface area contributed by atoms with Gasteiger partial charge in [-0.05, 0) is 30.2 Å². The van der Waals surface area contributed by atoms with Crippen LogP contribution in [0.3, 0.4) is 0 Å². The zero-order valence-electron chi connectivity index (χ0n) is 9.13. The van der Waals surface area contributed by atoms with Crippen molar-refractivity contribution in [3.8, 4) is 0 Å². The molecule has 2 aromatic rings. The molecule has 0 radical (unpaired) electrons. The second kappa shape index (κ2) is 3.97. The van der Waals surface area contributed by atoms with Gasteiger partial charge in [0.2, 0.25) is 0 Å². The summed E-state index contributed by atoms with van der Waals surface area (Å²) in [7, 11) is 0. The predicted octanol–water partition coefficient (Wildman–Crippen LogP) is 2.64. The normalized spacial score (nSPS) is 13.9. The van der Waals surface area contributed by atoms with E-state index in [0.717, 1.165) is 25.2 Å². The maximum atomic E-state index is 4.37. The fourth-order valence-corrected chi connectivity index (χ4v) is 2.26. The molecule has 0 atom stereocenters. The van der Waals surface area contributed by atoms with Crippen LogP contribution in [0.25, 0.3) is 0 Å². The molecule has 2 heteroatoms. The number of fused-ring (bicyclic) bond motifs is 1. The van der Waals surface area contributed by atoms with Crippen molar-refractivity contribution >= 4 is 5.69 Å². The third-order valence-corrected chi connectivity index (χ3v) is 3.06.